The number of nitriles is 1. The fraction of sp³-hybridized carbons (Fsp3) is 0.435. The van der Waals surface area contributed by atoms with Crippen LogP contribution in [0.5, 0.6) is 0 Å². The molecular weight excluding hydrogens is 462 g/mol. The van der Waals surface area contributed by atoms with Gasteiger partial charge < -0.3 is 10.1 Å². The van der Waals surface area contributed by atoms with Crippen LogP contribution in [0.2, 0.25) is 0 Å². The summed E-state index contributed by atoms with van der Waals surface area (Å²) in [6.45, 7) is 5.17. The van der Waals surface area contributed by atoms with Crippen LogP contribution in [0.1, 0.15) is 44.6 Å². The first-order valence-corrected chi connectivity index (χ1v) is 13.8. The number of benzene rings is 2. The van der Waals surface area contributed by atoms with Gasteiger partial charge in [0.25, 0.3) is 0 Å². The lowest BCUT2D eigenvalue weighted by Crippen LogP contribution is -2.39. The number of anilines is 1. The maximum Gasteiger partial charge on any atom is 0.241 e. The fourth-order valence-corrected chi connectivity index (χ4v) is 6.70. The van der Waals surface area contributed by atoms with Gasteiger partial charge in [0.05, 0.1) is 27.2 Å². The van der Waals surface area contributed by atoms with E-state index < -0.39 is 19.9 Å². The summed E-state index contributed by atoms with van der Waals surface area (Å²) in [5.74, 6) is -0.109. The maximum absolute atomic E-state index is 13.3. The smallest absolute Gasteiger partial charge is 0.241 e. The molecule has 10 heteroatoms. The predicted octanol–water partition coefficient (Wildman–Crippen LogP) is 3.43. The first kappa shape index (κ1) is 25.2. The lowest BCUT2D eigenvalue weighted by Gasteiger charge is -2.24. The van der Waals surface area contributed by atoms with Crippen molar-refractivity contribution in [3.05, 3.63) is 48.0 Å². The summed E-state index contributed by atoms with van der Waals surface area (Å²) in [5.41, 5.74) is 1.26. The summed E-state index contributed by atoms with van der Waals surface area (Å²) in [4.78, 5) is -0.0318. The van der Waals surface area contributed by atoms with Gasteiger partial charge in [0, 0.05) is 31.5 Å². The highest BCUT2D eigenvalue weighted by atomic mass is 32.2. The van der Waals surface area contributed by atoms with Crippen molar-refractivity contribution in [1.29, 1.82) is 5.26 Å². The van der Waals surface area contributed by atoms with Gasteiger partial charge >= 0.3 is 0 Å². The van der Waals surface area contributed by atoms with Gasteiger partial charge in [-0.05, 0) is 60.7 Å². The van der Waals surface area contributed by atoms with E-state index in [1.165, 1.54) is 24.3 Å². The highest BCUT2D eigenvalue weighted by Crippen LogP contribution is 2.30. The number of ether oxygens (including phenoxy) is 1. The van der Waals surface area contributed by atoms with E-state index in [0.29, 0.717) is 50.3 Å². The lowest BCUT2D eigenvalue weighted by atomic mass is 10.0. The summed E-state index contributed by atoms with van der Waals surface area (Å²) in [7, 11) is -7.86. The van der Waals surface area contributed by atoms with Crippen molar-refractivity contribution in [3.8, 4) is 6.07 Å². The van der Waals surface area contributed by atoms with Crippen LogP contribution in [0.4, 0.5) is 5.69 Å². The molecule has 0 bridgehead atoms. The normalized spacial score (nSPS) is 15.3. The van der Waals surface area contributed by atoms with Gasteiger partial charge in [-0.1, -0.05) is 19.9 Å². The second-order valence-electron chi connectivity index (χ2n) is 8.22. The Morgan fingerprint density at radius 3 is 2.27 bits per heavy atom. The van der Waals surface area contributed by atoms with Gasteiger partial charge in [-0.2, -0.15) is 5.26 Å². The molecule has 0 unspecified atom stereocenters. The molecule has 0 aromatic heterocycles. The number of hydrogen-bond donors (Lipinski definition) is 2. The molecule has 3 rings (SSSR count). The van der Waals surface area contributed by atoms with Crippen molar-refractivity contribution in [2.24, 2.45) is 0 Å². The van der Waals surface area contributed by atoms with Crippen molar-refractivity contribution in [1.82, 2.24) is 4.72 Å². The number of nitrogens with one attached hydrogen (secondary N) is 2. The summed E-state index contributed by atoms with van der Waals surface area (Å²) >= 11 is 0. The van der Waals surface area contributed by atoms with Crippen LogP contribution in [0.3, 0.4) is 0 Å². The van der Waals surface area contributed by atoms with Crippen molar-refractivity contribution in [2.75, 3.05) is 25.1 Å². The largest absolute Gasteiger partial charge is 0.384 e. The molecule has 2 aromatic carbocycles. The second-order valence-corrected chi connectivity index (χ2v) is 11.9. The Kier molecular flexibility index (Phi) is 8.13. The van der Waals surface area contributed by atoms with E-state index in [1.807, 2.05) is 19.9 Å². The standard InChI is InChI=1S/C23H29N3O5S2/c1-17(2)22-9-8-21(16-23(22)33(29,30)26-19-10-14-31-15-11-19)32(27,28)20-6-4-18(5-7-20)25-13-3-12-24/h4-9,16-17,19,25-26H,3,10-11,13-15H2,1-2H3. The molecular formula is C23H29N3O5S2. The number of sulfone groups is 1. The Bertz CT molecular complexity index is 1210. The molecule has 2 aromatic rings. The molecule has 8 nitrogen and oxygen atoms in total. The Morgan fingerprint density at radius 1 is 1.03 bits per heavy atom. The number of sulfonamides is 1. The van der Waals surface area contributed by atoms with Gasteiger partial charge in [0.1, 0.15) is 0 Å². The first-order valence-electron chi connectivity index (χ1n) is 10.8. The average molecular weight is 492 g/mol. The van der Waals surface area contributed by atoms with E-state index in [9.17, 15) is 16.8 Å². The molecule has 1 heterocycles. The van der Waals surface area contributed by atoms with Gasteiger partial charge in [-0.25, -0.2) is 21.6 Å². The maximum atomic E-state index is 13.3. The molecule has 178 valence electrons. The zero-order valence-electron chi connectivity index (χ0n) is 18.7. The third-order valence-corrected chi connectivity index (χ3v) is 8.82. The summed E-state index contributed by atoms with van der Waals surface area (Å²) in [6, 6.07) is 12.3. The molecule has 1 aliphatic heterocycles. The Labute approximate surface area is 195 Å². The lowest BCUT2D eigenvalue weighted by molar-refractivity contribution is 0.0832. The number of rotatable bonds is 9. The Balaban J connectivity index is 1.94. The topological polar surface area (TPSA) is 125 Å². The Morgan fingerprint density at radius 2 is 1.67 bits per heavy atom. The van der Waals surface area contributed by atoms with E-state index in [4.69, 9.17) is 10.00 Å². The average Bonchev–Trinajstić information content (AvgIpc) is 2.79. The predicted molar refractivity (Wildman–Crippen MR) is 125 cm³/mol. The minimum atomic E-state index is -3.93. The molecule has 0 aliphatic carbocycles. The molecule has 0 spiro atoms. The van der Waals surface area contributed by atoms with E-state index in [-0.39, 0.29) is 26.6 Å². The highest BCUT2D eigenvalue weighted by molar-refractivity contribution is 7.91. The SMILES string of the molecule is CC(C)c1ccc(S(=O)(=O)c2ccc(NCCC#N)cc2)cc1S(=O)(=O)NC1CCOCC1. The molecule has 0 saturated carbocycles. The van der Waals surface area contributed by atoms with Crippen LogP contribution in [0.25, 0.3) is 0 Å². The highest BCUT2D eigenvalue weighted by Gasteiger charge is 2.28. The van der Waals surface area contributed by atoms with Gasteiger partial charge in [-0.15, -0.1) is 0 Å². The summed E-state index contributed by atoms with van der Waals surface area (Å²) in [5, 5.41) is 11.7. The fourth-order valence-electron chi connectivity index (χ4n) is 3.64. The number of hydrogen-bond acceptors (Lipinski definition) is 7. The van der Waals surface area contributed by atoms with E-state index in [0.717, 1.165) is 0 Å². The van der Waals surface area contributed by atoms with E-state index in [2.05, 4.69) is 10.0 Å². The monoisotopic (exact) mass is 491 g/mol. The summed E-state index contributed by atoms with van der Waals surface area (Å²) in [6.07, 6.45) is 1.48. The third kappa shape index (κ3) is 6.12. The van der Waals surface area contributed by atoms with E-state index >= 15 is 0 Å². The molecule has 0 radical (unpaired) electrons. The van der Waals surface area contributed by atoms with Gasteiger partial charge in [-0.3, -0.25) is 0 Å². The first-order chi connectivity index (χ1) is 15.6. The quantitative estimate of drug-likeness (QED) is 0.515. The molecule has 2 N–H and O–H groups in total. The molecule has 0 atom stereocenters. The molecule has 1 saturated heterocycles. The minimum absolute atomic E-state index is 0.0140. The molecule has 33 heavy (non-hydrogen) atoms. The van der Waals surface area contributed by atoms with Gasteiger partial charge in [0.2, 0.25) is 19.9 Å². The second kappa shape index (κ2) is 10.7. The Hall–Kier alpha value is -2.45. The molecule has 0 amide bonds. The minimum Gasteiger partial charge on any atom is -0.384 e. The van der Waals surface area contributed by atoms with Crippen molar-refractivity contribution >= 4 is 25.5 Å². The van der Waals surface area contributed by atoms with Crippen LogP contribution in [-0.4, -0.2) is 42.6 Å². The van der Waals surface area contributed by atoms with Crippen molar-refractivity contribution < 1.29 is 21.6 Å². The molecule has 1 fully saturated rings. The van der Waals surface area contributed by atoms with Crippen LogP contribution < -0.4 is 10.0 Å². The number of nitrogens with zero attached hydrogens (tertiary/aromatic N) is 1. The zero-order chi connectivity index (χ0) is 24.1. The zero-order valence-corrected chi connectivity index (χ0v) is 20.4. The molecule has 1 aliphatic rings. The van der Waals surface area contributed by atoms with Crippen LogP contribution in [-0.2, 0) is 24.6 Å². The van der Waals surface area contributed by atoms with Crippen LogP contribution in [0, 0.1) is 11.3 Å². The van der Waals surface area contributed by atoms with Crippen molar-refractivity contribution in [3.63, 3.8) is 0 Å². The van der Waals surface area contributed by atoms with E-state index in [1.54, 1.807) is 18.2 Å². The van der Waals surface area contributed by atoms with Crippen LogP contribution in [0.15, 0.2) is 57.2 Å². The van der Waals surface area contributed by atoms with Crippen molar-refractivity contribution in [2.45, 2.75) is 59.8 Å². The van der Waals surface area contributed by atoms with Gasteiger partial charge in [0.15, 0.2) is 0 Å². The third-order valence-electron chi connectivity index (χ3n) is 5.48. The van der Waals surface area contributed by atoms with Crippen LogP contribution >= 0.6 is 0 Å². The summed E-state index contributed by atoms with van der Waals surface area (Å²) < 4.78 is 61.0.